The highest BCUT2D eigenvalue weighted by atomic mass is 32.1. The van der Waals surface area contributed by atoms with E-state index in [0.717, 1.165) is 12.1 Å². The molecule has 0 N–H and O–H groups in total. The summed E-state index contributed by atoms with van der Waals surface area (Å²) in [4.78, 5) is 3.55. The molecule has 104 valence electrons. The van der Waals surface area contributed by atoms with E-state index in [-0.39, 0.29) is 5.82 Å². The summed E-state index contributed by atoms with van der Waals surface area (Å²) in [6.45, 7) is 5.73. The topological polar surface area (TPSA) is 27.0 Å². The lowest BCUT2D eigenvalue weighted by atomic mass is 10.1. The van der Waals surface area contributed by atoms with Crippen molar-refractivity contribution in [3.8, 4) is 6.07 Å². The van der Waals surface area contributed by atoms with E-state index in [2.05, 4.69) is 30.2 Å². The monoisotopic (exact) mass is 288 g/mol. The van der Waals surface area contributed by atoms with Crippen molar-refractivity contribution in [2.75, 3.05) is 0 Å². The van der Waals surface area contributed by atoms with Gasteiger partial charge in [-0.25, -0.2) is 4.39 Å². The van der Waals surface area contributed by atoms with E-state index in [1.54, 1.807) is 17.4 Å². The van der Waals surface area contributed by atoms with Gasteiger partial charge in [-0.1, -0.05) is 6.07 Å². The SMILES string of the molecule is CC(C)N(Cc1cc(F)cc(C#N)c1)Cc1cccs1. The average Bonchev–Trinajstić information content (AvgIpc) is 2.90. The van der Waals surface area contributed by atoms with Crippen LogP contribution in [0.15, 0.2) is 35.7 Å². The molecule has 0 fully saturated rings. The van der Waals surface area contributed by atoms with Crippen LogP contribution in [-0.2, 0) is 13.1 Å². The molecule has 1 aromatic carbocycles. The molecule has 2 nitrogen and oxygen atoms in total. The zero-order chi connectivity index (χ0) is 14.5. The third kappa shape index (κ3) is 3.89. The highest BCUT2D eigenvalue weighted by Crippen LogP contribution is 2.18. The van der Waals surface area contributed by atoms with Gasteiger partial charge < -0.3 is 0 Å². The van der Waals surface area contributed by atoms with Crippen molar-refractivity contribution >= 4 is 11.3 Å². The summed E-state index contributed by atoms with van der Waals surface area (Å²) in [6.07, 6.45) is 0. The van der Waals surface area contributed by atoms with Crippen LogP contribution in [0.2, 0.25) is 0 Å². The molecule has 4 heteroatoms. The van der Waals surface area contributed by atoms with E-state index < -0.39 is 0 Å². The van der Waals surface area contributed by atoms with Crippen molar-refractivity contribution in [3.05, 3.63) is 57.5 Å². The minimum absolute atomic E-state index is 0.348. The molecule has 2 rings (SSSR count). The van der Waals surface area contributed by atoms with Crippen LogP contribution in [0.1, 0.15) is 29.9 Å². The number of thiophene rings is 1. The van der Waals surface area contributed by atoms with Crippen molar-refractivity contribution in [3.63, 3.8) is 0 Å². The second-order valence-electron chi connectivity index (χ2n) is 5.04. The molecule has 0 atom stereocenters. The Balaban J connectivity index is 2.16. The zero-order valence-corrected chi connectivity index (χ0v) is 12.5. The van der Waals surface area contributed by atoms with Gasteiger partial charge in [0.25, 0.3) is 0 Å². The molecule has 1 heterocycles. The third-order valence-electron chi connectivity index (χ3n) is 3.14. The Morgan fingerprint density at radius 2 is 2.10 bits per heavy atom. The summed E-state index contributed by atoms with van der Waals surface area (Å²) in [5.74, 6) is -0.348. The Bertz CT molecular complexity index is 599. The van der Waals surface area contributed by atoms with Gasteiger partial charge in [0.1, 0.15) is 5.82 Å². The first-order valence-electron chi connectivity index (χ1n) is 6.54. The predicted octanol–water partition coefficient (Wildman–Crippen LogP) is 4.17. The summed E-state index contributed by atoms with van der Waals surface area (Å²) in [5.41, 5.74) is 1.21. The second-order valence-corrected chi connectivity index (χ2v) is 6.07. The Kier molecular flexibility index (Phi) is 4.89. The van der Waals surface area contributed by atoms with Gasteiger partial charge in [0.05, 0.1) is 11.6 Å². The molecule has 0 radical (unpaired) electrons. The lowest BCUT2D eigenvalue weighted by Gasteiger charge is -2.26. The molecule has 2 aromatic rings. The average molecular weight is 288 g/mol. The number of benzene rings is 1. The molecule has 0 aliphatic rings. The van der Waals surface area contributed by atoms with Crippen molar-refractivity contribution in [2.45, 2.75) is 33.0 Å². The fraction of sp³-hybridized carbons (Fsp3) is 0.312. The van der Waals surface area contributed by atoms with Crippen LogP contribution >= 0.6 is 11.3 Å². The number of rotatable bonds is 5. The summed E-state index contributed by atoms with van der Waals surface area (Å²) in [5, 5.41) is 11.0. The van der Waals surface area contributed by atoms with Gasteiger partial charge in [0.2, 0.25) is 0 Å². The first-order chi connectivity index (χ1) is 9.58. The quantitative estimate of drug-likeness (QED) is 0.825. The lowest BCUT2D eigenvalue weighted by Crippen LogP contribution is -2.29. The molecule has 0 bridgehead atoms. The second kappa shape index (κ2) is 6.65. The van der Waals surface area contributed by atoms with E-state index in [4.69, 9.17) is 5.26 Å². The van der Waals surface area contributed by atoms with Gasteiger partial charge in [-0.05, 0) is 49.1 Å². The Hall–Kier alpha value is -1.70. The molecule has 0 unspecified atom stereocenters. The molecule has 0 aliphatic heterocycles. The van der Waals surface area contributed by atoms with E-state index in [1.807, 2.05) is 12.1 Å². The van der Waals surface area contributed by atoms with Crippen LogP contribution in [0, 0.1) is 17.1 Å². The first kappa shape index (κ1) is 14.7. The Morgan fingerprint density at radius 3 is 2.70 bits per heavy atom. The summed E-state index contributed by atoms with van der Waals surface area (Å²) >= 11 is 1.72. The fourth-order valence-corrected chi connectivity index (χ4v) is 2.79. The third-order valence-corrected chi connectivity index (χ3v) is 4.00. The van der Waals surface area contributed by atoms with Crippen molar-refractivity contribution < 1.29 is 4.39 Å². The van der Waals surface area contributed by atoms with Gasteiger partial charge >= 0.3 is 0 Å². The number of nitriles is 1. The smallest absolute Gasteiger partial charge is 0.124 e. The van der Waals surface area contributed by atoms with Crippen molar-refractivity contribution in [1.82, 2.24) is 4.90 Å². The normalized spacial score (nSPS) is 11.0. The van der Waals surface area contributed by atoms with Gasteiger partial charge in [-0.15, -0.1) is 11.3 Å². The number of hydrogen-bond acceptors (Lipinski definition) is 3. The molecule has 0 spiro atoms. The van der Waals surface area contributed by atoms with Gasteiger partial charge in [0, 0.05) is 24.0 Å². The summed E-state index contributed by atoms with van der Waals surface area (Å²) in [7, 11) is 0. The minimum Gasteiger partial charge on any atom is -0.292 e. The zero-order valence-electron chi connectivity index (χ0n) is 11.6. The van der Waals surface area contributed by atoms with E-state index in [0.29, 0.717) is 18.2 Å². The molecular weight excluding hydrogens is 271 g/mol. The standard InChI is InChI=1S/C16H17FN2S/c1-12(2)19(11-16-4-3-5-20-16)10-14-6-13(9-18)7-15(17)8-14/h3-8,12H,10-11H2,1-2H3. The Morgan fingerprint density at radius 1 is 1.30 bits per heavy atom. The molecule has 0 saturated carbocycles. The number of nitrogens with zero attached hydrogens (tertiary/aromatic N) is 2. The number of halogens is 1. The molecule has 0 aliphatic carbocycles. The molecule has 20 heavy (non-hydrogen) atoms. The van der Waals surface area contributed by atoms with Crippen LogP contribution in [0.3, 0.4) is 0 Å². The van der Waals surface area contributed by atoms with Gasteiger partial charge in [-0.2, -0.15) is 5.26 Å². The number of hydrogen-bond donors (Lipinski definition) is 0. The summed E-state index contributed by atoms with van der Waals surface area (Å²) < 4.78 is 13.5. The summed E-state index contributed by atoms with van der Waals surface area (Å²) in [6, 6.07) is 11.0. The highest BCUT2D eigenvalue weighted by Gasteiger charge is 2.12. The predicted molar refractivity (Wildman–Crippen MR) is 79.8 cm³/mol. The van der Waals surface area contributed by atoms with Crippen LogP contribution in [0.5, 0.6) is 0 Å². The minimum atomic E-state index is -0.348. The van der Waals surface area contributed by atoms with Gasteiger partial charge in [-0.3, -0.25) is 4.90 Å². The largest absolute Gasteiger partial charge is 0.292 e. The fourth-order valence-electron chi connectivity index (χ4n) is 2.06. The van der Waals surface area contributed by atoms with Crippen LogP contribution < -0.4 is 0 Å². The molecule has 0 saturated heterocycles. The van der Waals surface area contributed by atoms with E-state index in [9.17, 15) is 4.39 Å². The maximum absolute atomic E-state index is 13.5. The molecule has 0 amide bonds. The maximum Gasteiger partial charge on any atom is 0.124 e. The molecule has 1 aromatic heterocycles. The van der Waals surface area contributed by atoms with Gasteiger partial charge in [0.15, 0.2) is 0 Å². The van der Waals surface area contributed by atoms with E-state index >= 15 is 0 Å². The van der Waals surface area contributed by atoms with Crippen LogP contribution in [0.25, 0.3) is 0 Å². The lowest BCUT2D eigenvalue weighted by molar-refractivity contribution is 0.205. The van der Waals surface area contributed by atoms with Crippen molar-refractivity contribution in [1.29, 1.82) is 5.26 Å². The molecular formula is C16H17FN2S. The highest BCUT2D eigenvalue weighted by molar-refractivity contribution is 7.09. The Labute approximate surface area is 123 Å². The van der Waals surface area contributed by atoms with Crippen molar-refractivity contribution in [2.24, 2.45) is 0 Å². The van der Waals surface area contributed by atoms with Crippen LogP contribution in [-0.4, -0.2) is 10.9 Å². The maximum atomic E-state index is 13.5. The first-order valence-corrected chi connectivity index (χ1v) is 7.42. The van der Waals surface area contributed by atoms with Crippen LogP contribution in [0.4, 0.5) is 4.39 Å². The van der Waals surface area contributed by atoms with E-state index in [1.165, 1.54) is 17.0 Å².